The van der Waals surface area contributed by atoms with E-state index in [-0.39, 0.29) is 6.10 Å². The number of nitrogens with one attached hydrogen (secondary N) is 1. The van der Waals surface area contributed by atoms with E-state index in [9.17, 15) is 5.11 Å². The largest absolute Gasteiger partial charge is 0.393 e. The topological polar surface area (TPSA) is 50.1 Å². The quantitative estimate of drug-likeness (QED) is 0.898. The lowest BCUT2D eigenvalue weighted by molar-refractivity contribution is 0.0694. The fourth-order valence-electron chi connectivity index (χ4n) is 3.15. The number of para-hydroxylation sites is 2. The molecule has 1 aliphatic carbocycles. The Morgan fingerprint density at radius 2 is 2.10 bits per heavy atom. The van der Waals surface area contributed by atoms with Gasteiger partial charge in [0.2, 0.25) is 0 Å². The number of hydrogen-bond acceptors (Lipinski definition) is 3. The Bertz CT molecular complexity index is 578. The van der Waals surface area contributed by atoms with Gasteiger partial charge in [0.05, 0.1) is 23.7 Å². The molecule has 1 saturated carbocycles. The van der Waals surface area contributed by atoms with Gasteiger partial charge in [0.1, 0.15) is 5.82 Å². The van der Waals surface area contributed by atoms with E-state index in [1.54, 1.807) is 0 Å². The molecular weight excluding hydrogens is 250 g/mol. The Morgan fingerprint density at radius 1 is 1.30 bits per heavy atom. The van der Waals surface area contributed by atoms with Gasteiger partial charge in [-0.2, -0.15) is 0 Å². The minimum atomic E-state index is -0.128. The number of benzene rings is 1. The molecule has 0 saturated heterocycles. The predicted molar refractivity (Wildman–Crippen MR) is 80.4 cm³/mol. The zero-order chi connectivity index (χ0) is 13.9. The van der Waals surface area contributed by atoms with Crippen LogP contribution in [0.15, 0.2) is 24.3 Å². The van der Waals surface area contributed by atoms with E-state index < -0.39 is 0 Å². The zero-order valence-electron chi connectivity index (χ0n) is 12.0. The van der Waals surface area contributed by atoms with Crippen molar-refractivity contribution in [3.63, 3.8) is 0 Å². The van der Waals surface area contributed by atoms with E-state index in [2.05, 4.69) is 28.0 Å². The lowest BCUT2D eigenvalue weighted by Gasteiger charge is -2.27. The summed E-state index contributed by atoms with van der Waals surface area (Å²) >= 11 is 0. The summed E-state index contributed by atoms with van der Waals surface area (Å²) in [6.07, 6.45) is 4.38. The Hall–Kier alpha value is -1.39. The molecule has 2 N–H and O–H groups in total. The van der Waals surface area contributed by atoms with Gasteiger partial charge >= 0.3 is 0 Å². The summed E-state index contributed by atoms with van der Waals surface area (Å²) in [5.41, 5.74) is 2.21. The van der Waals surface area contributed by atoms with Crippen LogP contribution in [0.1, 0.15) is 31.5 Å². The van der Waals surface area contributed by atoms with Crippen molar-refractivity contribution in [1.82, 2.24) is 14.9 Å². The predicted octanol–water partition coefficient (Wildman–Crippen LogP) is 2.21. The summed E-state index contributed by atoms with van der Waals surface area (Å²) in [6.45, 7) is 1.64. The summed E-state index contributed by atoms with van der Waals surface area (Å²) in [7, 11) is 2.06. The third-order valence-corrected chi connectivity index (χ3v) is 4.44. The Morgan fingerprint density at radius 3 is 2.90 bits per heavy atom. The first-order valence-corrected chi connectivity index (χ1v) is 7.55. The van der Waals surface area contributed by atoms with Crippen LogP contribution < -0.4 is 5.32 Å². The number of nitrogens with zero attached hydrogens (tertiary/aromatic N) is 2. The molecule has 1 heterocycles. The zero-order valence-corrected chi connectivity index (χ0v) is 12.0. The monoisotopic (exact) mass is 273 g/mol. The molecule has 2 atom stereocenters. The van der Waals surface area contributed by atoms with Gasteiger partial charge in [-0.3, -0.25) is 0 Å². The molecule has 4 nitrogen and oxygen atoms in total. The number of aryl methyl sites for hydroxylation is 1. The van der Waals surface area contributed by atoms with Gasteiger partial charge in [0.25, 0.3) is 0 Å². The molecule has 108 valence electrons. The Balaban J connectivity index is 1.61. The van der Waals surface area contributed by atoms with E-state index in [4.69, 9.17) is 0 Å². The molecule has 3 rings (SSSR count). The van der Waals surface area contributed by atoms with Gasteiger partial charge in [-0.25, -0.2) is 4.98 Å². The second kappa shape index (κ2) is 5.94. The summed E-state index contributed by atoms with van der Waals surface area (Å²) in [5, 5.41) is 13.4. The number of hydrogen-bond donors (Lipinski definition) is 2. The van der Waals surface area contributed by atoms with Gasteiger partial charge in [-0.1, -0.05) is 25.0 Å². The third kappa shape index (κ3) is 2.72. The lowest BCUT2D eigenvalue weighted by Crippen LogP contribution is -2.34. The van der Waals surface area contributed by atoms with Gasteiger partial charge in [-0.05, 0) is 30.9 Å². The first-order valence-electron chi connectivity index (χ1n) is 7.55. The van der Waals surface area contributed by atoms with E-state index >= 15 is 0 Å². The van der Waals surface area contributed by atoms with Crippen LogP contribution in [-0.2, 0) is 13.6 Å². The SMILES string of the molecule is Cn1c(CNCC2CCCCC2O)nc2ccccc21. The molecule has 0 spiro atoms. The van der Waals surface area contributed by atoms with Crippen LogP contribution in [0.3, 0.4) is 0 Å². The molecule has 20 heavy (non-hydrogen) atoms. The van der Waals surface area contributed by atoms with Crippen molar-refractivity contribution >= 4 is 11.0 Å². The average Bonchev–Trinajstić information content (AvgIpc) is 2.78. The second-order valence-corrected chi connectivity index (χ2v) is 5.82. The molecule has 2 aromatic rings. The van der Waals surface area contributed by atoms with Crippen molar-refractivity contribution in [2.45, 2.75) is 38.3 Å². The van der Waals surface area contributed by atoms with Crippen LogP contribution in [0, 0.1) is 5.92 Å². The highest BCUT2D eigenvalue weighted by atomic mass is 16.3. The third-order valence-electron chi connectivity index (χ3n) is 4.44. The molecule has 1 aliphatic rings. The van der Waals surface area contributed by atoms with Crippen LogP contribution in [0.5, 0.6) is 0 Å². The van der Waals surface area contributed by atoms with Crippen LogP contribution in [0.25, 0.3) is 11.0 Å². The number of rotatable bonds is 4. The van der Waals surface area contributed by atoms with E-state index in [1.165, 1.54) is 18.4 Å². The van der Waals surface area contributed by atoms with Crippen molar-refractivity contribution in [1.29, 1.82) is 0 Å². The molecule has 0 radical (unpaired) electrons. The van der Waals surface area contributed by atoms with Crippen LogP contribution >= 0.6 is 0 Å². The highest BCUT2D eigenvalue weighted by Gasteiger charge is 2.22. The van der Waals surface area contributed by atoms with Crippen molar-refractivity contribution in [3.05, 3.63) is 30.1 Å². The molecule has 0 aliphatic heterocycles. The highest BCUT2D eigenvalue weighted by molar-refractivity contribution is 5.75. The summed E-state index contributed by atoms with van der Waals surface area (Å²) < 4.78 is 2.14. The molecule has 1 aromatic carbocycles. The molecule has 2 unspecified atom stereocenters. The fourth-order valence-corrected chi connectivity index (χ4v) is 3.15. The molecule has 0 amide bonds. The van der Waals surface area contributed by atoms with Gasteiger partial charge in [0.15, 0.2) is 0 Å². The maximum atomic E-state index is 9.97. The van der Waals surface area contributed by atoms with E-state index in [0.717, 1.165) is 37.3 Å². The van der Waals surface area contributed by atoms with Crippen molar-refractivity contribution < 1.29 is 5.11 Å². The average molecular weight is 273 g/mol. The minimum absolute atomic E-state index is 0.128. The first-order chi connectivity index (χ1) is 9.75. The van der Waals surface area contributed by atoms with Gasteiger partial charge in [-0.15, -0.1) is 0 Å². The number of aliphatic hydroxyl groups excluding tert-OH is 1. The first kappa shape index (κ1) is 13.6. The Labute approximate surface area is 119 Å². The van der Waals surface area contributed by atoms with E-state index in [0.29, 0.717) is 5.92 Å². The van der Waals surface area contributed by atoms with Crippen LogP contribution in [0.4, 0.5) is 0 Å². The maximum absolute atomic E-state index is 9.97. The van der Waals surface area contributed by atoms with Crippen molar-refractivity contribution in [2.24, 2.45) is 13.0 Å². The molecule has 0 bridgehead atoms. The molecule has 4 heteroatoms. The number of aromatic nitrogens is 2. The smallest absolute Gasteiger partial charge is 0.123 e. The number of aliphatic hydroxyl groups is 1. The van der Waals surface area contributed by atoms with E-state index in [1.807, 2.05) is 18.2 Å². The molecule has 1 aromatic heterocycles. The maximum Gasteiger partial charge on any atom is 0.123 e. The van der Waals surface area contributed by atoms with Crippen molar-refractivity contribution in [2.75, 3.05) is 6.54 Å². The Kier molecular flexibility index (Phi) is 4.03. The summed E-state index contributed by atoms with van der Waals surface area (Å²) in [6, 6.07) is 8.20. The van der Waals surface area contributed by atoms with Crippen molar-refractivity contribution in [3.8, 4) is 0 Å². The van der Waals surface area contributed by atoms with Gasteiger partial charge in [0, 0.05) is 13.6 Å². The van der Waals surface area contributed by atoms with Crippen LogP contribution in [0.2, 0.25) is 0 Å². The highest BCUT2D eigenvalue weighted by Crippen LogP contribution is 2.23. The fraction of sp³-hybridized carbons (Fsp3) is 0.562. The second-order valence-electron chi connectivity index (χ2n) is 5.82. The molecule has 1 fully saturated rings. The molecular formula is C16H23N3O. The number of imidazole rings is 1. The summed E-state index contributed by atoms with van der Waals surface area (Å²) in [5.74, 6) is 1.45. The lowest BCUT2D eigenvalue weighted by atomic mass is 9.86. The van der Waals surface area contributed by atoms with Gasteiger partial charge < -0.3 is 15.0 Å². The standard InChI is InChI=1S/C16H23N3O/c1-19-14-8-4-3-7-13(14)18-16(19)11-17-10-12-6-2-5-9-15(12)20/h3-4,7-8,12,15,17,20H,2,5-6,9-11H2,1H3. The van der Waals surface area contributed by atoms with Crippen LogP contribution in [-0.4, -0.2) is 27.3 Å². The minimum Gasteiger partial charge on any atom is -0.393 e. The normalized spacial score (nSPS) is 23.3. The summed E-state index contributed by atoms with van der Waals surface area (Å²) in [4.78, 5) is 4.65. The number of fused-ring (bicyclic) bond motifs is 1.